The molecule has 0 radical (unpaired) electrons. The molecule has 0 saturated heterocycles. The third-order valence-electron chi connectivity index (χ3n) is 5.35. The molecule has 1 heterocycles. The summed E-state index contributed by atoms with van der Waals surface area (Å²) in [5.74, 6) is 0.834. The minimum atomic E-state index is -0.0950. The van der Waals surface area contributed by atoms with E-state index in [0.717, 1.165) is 34.0 Å². The van der Waals surface area contributed by atoms with Gasteiger partial charge in [-0.3, -0.25) is 9.36 Å². The predicted octanol–water partition coefficient (Wildman–Crippen LogP) is 6.19. The Hall–Kier alpha value is -3.29. The number of nitrogens with zero attached hydrogens (tertiary/aromatic N) is 3. The number of amides is 1. The van der Waals surface area contributed by atoms with E-state index in [2.05, 4.69) is 39.9 Å². The van der Waals surface area contributed by atoms with Gasteiger partial charge < -0.3 is 10.6 Å². The minimum Gasteiger partial charge on any atom is -0.378 e. The van der Waals surface area contributed by atoms with E-state index in [9.17, 15) is 4.79 Å². The molecular weight excluding hydrogens is 466 g/mol. The molecule has 0 spiro atoms. The number of para-hydroxylation sites is 1. The number of nitrogens with one attached hydrogen (secondary N) is 2. The van der Waals surface area contributed by atoms with Gasteiger partial charge in [0.1, 0.15) is 0 Å². The van der Waals surface area contributed by atoms with Crippen molar-refractivity contribution in [2.24, 2.45) is 0 Å². The van der Waals surface area contributed by atoms with E-state index < -0.39 is 0 Å². The summed E-state index contributed by atoms with van der Waals surface area (Å²) >= 11 is 7.60. The molecule has 0 aliphatic heterocycles. The van der Waals surface area contributed by atoms with Gasteiger partial charge in [-0.1, -0.05) is 65.3 Å². The first-order chi connectivity index (χ1) is 16.4. The van der Waals surface area contributed by atoms with Gasteiger partial charge in [0.15, 0.2) is 11.0 Å². The third kappa shape index (κ3) is 5.79. The largest absolute Gasteiger partial charge is 0.378 e. The summed E-state index contributed by atoms with van der Waals surface area (Å²) in [5, 5.41) is 16.4. The molecular formula is C26H26ClN5OS. The first-order valence-electron chi connectivity index (χ1n) is 10.9. The number of rotatable bonds is 8. The lowest BCUT2D eigenvalue weighted by Gasteiger charge is -2.13. The SMILES string of the molecule is Cc1ccc(NCc2nnc(SCC(=O)Nc3c(C)cccc3C)n2-c2cccc(Cl)c2)cc1. The van der Waals surface area contributed by atoms with Crippen LogP contribution in [0.25, 0.3) is 5.69 Å². The summed E-state index contributed by atoms with van der Waals surface area (Å²) in [4.78, 5) is 12.7. The number of thioether (sulfide) groups is 1. The fourth-order valence-corrected chi connectivity index (χ4v) is 4.51. The molecule has 34 heavy (non-hydrogen) atoms. The maximum atomic E-state index is 12.7. The number of aromatic nitrogens is 3. The van der Waals surface area contributed by atoms with E-state index in [1.165, 1.54) is 17.3 Å². The Bertz CT molecular complexity index is 1280. The maximum Gasteiger partial charge on any atom is 0.234 e. The van der Waals surface area contributed by atoms with Crippen LogP contribution in [0.4, 0.5) is 11.4 Å². The molecule has 174 valence electrons. The molecule has 4 rings (SSSR count). The highest BCUT2D eigenvalue weighted by Crippen LogP contribution is 2.26. The van der Waals surface area contributed by atoms with E-state index in [4.69, 9.17) is 11.6 Å². The Morgan fingerprint density at radius 2 is 1.68 bits per heavy atom. The Morgan fingerprint density at radius 1 is 0.971 bits per heavy atom. The topological polar surface area (TPSA) is 71.8 Å². The molecule has 0 bridgehead atoms. The lowest BCUT2D eigenvalue weighted by atomic mass is 10.1. The van der Waals surface area contributed by atoms with Gasteiger partial charge in [0, 0.05) is 16.4 Å². The van der Waals surface area contributed by atoms with E-state index >= 15 is 0 Å². The first-order valence-corrected chi connectivity index (χ1v) is 12.3. The number of aryl methyl sites for hydroxylation is 3. The summed E-state index contributed by atoms with van der Waals surface area (Å²) in [6.07, 6.45) is 0. The fraction of sp³-hybridized carbons (Fsp3) is 0.192. The molecule has 1 aromatic heterocycles. The monoisotopic (exact) mass is 491 g/mol. The van der Waals surface area contributed by atoms with E-state index in [-0.39, 0.29) is 11.7 Å². The van der Waals surface area contributed by atoms with Crippen molar-refractivity contribution >= 4 is 40.6 Å². The fourth-order valence-electron chi connectivity index (χ4n) is 3.55. The standard InChI is InChI=1S/C26H26ClN5OS/c1-17-10-12-21(13-11-17)28-15-23-30-31-26(32(23)22-9-5-8-20(27)14-22)34-16-24(33)29-25-18(2)6-4-7-19(25)3/h4-14,28H,15-16H2,1-3H3,(H,29,33). The van der Waals surface area contributed by atoms with Gasteiger partial charge in [-0.25, -0.2) is 0 Å². The van der Waals surface area contributed by atoms with E-state index in [1.54, 1.807) is 0 Å². The molecule has 6 nitrogen and oxygen atoms in total. The number of carbonyl (C=O) groups excluding carboxylic acids is 1. The molecule has 0 atom stereocenters. The lowest BCUT2D eigenvalue weighted by Crippen LogP contribution is -2.16. The van der Waals surface area contributed by atoms with E-state index in [1.807, 2.05) is 73.0 Å². The molecule has 0 aliphatic rings. The van der Waals surface area contributed by atoms with Gasteiger partial charge in [0.2, 0.25) is 5.91 Å². The van der Waals surface area contributed by atoms with Crippen LogP contribution < -0.4 is 10.6 Å². The van der Waals surface area contributed by atoms with Gasteiger partial charge in [-0.15, -0.1) is 10.2 Å². The molecule has 0 fully saturated rings. The lowest BCUT2D eigenvalue weighted by molar-refractivity contribution is -0.113. The highest BCUT2D eigenvalue weighted by molar-refractivity contribution is 7.99. The van der Waals surface area contributed by atoms with Crippen LogP contribution in [0.3, 0.4) is 0 Å². The summed E-state index contributed by atoms with van der Waals surface area (Å²) < 4.78 is 1.93. The smallest absolute Gasteiger partial charge is 0.234 e. The van der Waals surface area contributed by atoms with Crippen molar-refractivity contribution in [3.05, 3.63) is 94.3 Å². The summed E-state index contributed by atoms with van der Waals surface area (Å²) in [7, 11) is 0. The van der Waals surface area contributed by atoms with Crippen molar-refractivity contribution in [2.75, 3.05) is 16.4 Å². The number of hydrogen-bond acceptors (Lipinski definition) is 5. The van der Waals surface area contributed by atoms with Crippen LogP contribution in [-0.2, 0) is 11.3 Å². The van der Waals surface area contributed by atoms with Crippen molar-refractivity contribution in [3.63, 3.8) is 0 Å². The van der Waals surface area contributed by atoms with Gasteiger partial charge >= 0.3 is 0 Å². The predicted molar refractivity (Wildman–Crippen MR) is 140 cm³/mol. The van der Waals surface area contributed by atoms with Crippen LogP contribution in [-0.4, -0.2) is 26.4 Å². The average molecular weight is 492 g/mol. The van der Waals surface area contributed by atoms with Crippen LogP contribution in [0.5, 0.6) is 0 Å². The van der Waals surface area contributed by atoms with Crippen LogP contribution in [0.15, 0.2) is 71.9 Å². The minimum absolute atomic E-state index is 0.0950. The van der Waals surface area contributed by atoms with Crippen LogP contribution in [0.2, 0.25) is 5.02 Å². The second-order valence-electron chi connectivity index (χ2n) is 8.04. The first kappa shape index (κ1) is 23.9. The zero-order valence-corrected chi connectivity index (χ0v) is 20.9. The molecule has 3 aromatic carbocycles. The Labute approximate surface area is 208 Å². The Morgan fingerprint density at radius 3 is 2.38 bits per heavy atom. The highest BCUT2D eigenvalue weighted by Gasteiger charge is 2.17. The van der Waals surface area contributed by atoms with Gasteiger partial charge in [0.25, 0.3) is 0 Å². The Balaban J connectivity index is 1.53. The Kier molecular flexibility index (Phi) is 7.55. The zero-order chi connectivity index (χ0) is 24.1. The maximum absolute atomic E-state index is 12.7. The number of halogens is 1. The second kappa shape index (κ2) is 10.8. The second-order valence-corrected chi connectivity index (χ2v) is 9.42. The number of hydrogen-bond donors (Lipinski definition) is 2. The molecule has 0 unspecified atom stereocenters. The summed E-state index contributed by atoms with van der Waals surface area (Å²) in [6.45, 7) is 6.50. The molecule has 0 saturated carbocycles. The van der Waals surface area contributed by atoms with Crippen LogP contribution in [0, 0.1) is 20.8 Å². The normalized spacial score (nSPS) is 10.8. The van der Waals surface area contributed by atoms with Gasteiger partial charge in [0.05, 0.1) is 18.0 Å². The van der Waals surface area contributed by atoms with Crippen molar-refractivity contribution in [3.8, 4) is 5.69 Å². The quantitative estimate of drug-likeness (QED) is 0.287. The molecule has 2 N–H and O–H groups in total. The van der Waals surface area contributed by atoms with Crippen molar-refractivity contribution in [1.29, 1.82) is 0 Å². The van der Waals surface area contributed by atoms with Crippen molar-refractivity contribution < 1.29 is 4.79 Å². The number of carbonyl (C=O) groups is 1. The number of anilines is 2. The van der Waals surface area contributed by atoms with E-state index in [0.29, 0.717) is 16.7 Å². The van der Waals surface area contributed by atoms with Gasteiger partial charge in [-0.05, 0) is 62.2 Å². The van der Waals surface area contributed by atoms with Gasteiger partial charge in [-0.2, -0.15) is 0 Å². The summed E-state index contributed by atoms with van der Waals surface area (Å²) in [5.41, 5.74) is 5.96. The third-order valence-corrected chi connectivity index (χ3v) is 6.51. The molecule has 4 aromatic rings. The van der Waals surface area contributed by atoms with Crippen molar-refractivity contribution in [2.45, 2.75) is 32.5 Å². The molecule has 0 aliphatic carbocycles. The van der Waals surface area contributed by atoms with Crippen molar-refractivity contribution in [1.82, 2.24) is 14.8 Å². The summed E-state index contributed by atoms with van der Waals surface area (Å²) in [6, 6.07) is 21.6. The highest BCUT2D eigenvalue weighted by atomic mass is 35.5. The number of benzene rings is 3. The average Bonchev–Trinajstić information content (AvgIpc) is 3.23. The van der Waals surface area contributed by atoms with Crippen LogP contribution >= 0.6 is 23.4 Å². The zero-order valence-electron chi connectivity index (χ0n) is 19.3. The molecule has 8 heteroatoms. The van der Waals surface area contributed by atoms with Crippen LogP contribution in [0.1, 0.15) is 22.5 Å². The molecule has 1 amide bonds.